The van der Waals surface area contributed by atoms with E-state index in [0.29, 0.717) is 21.7 Å². The second-order valence-electron chi connectivity index (χ2n) is 4.44. The van der Waals surface area contributed by atoms with Crippen LogP contribution in [0.3, 0.4) is 0 Å². The molecule has 2 aromatic heterocycles. The van der Waals surface area contributed by atoms with Gasteiger partial charge in [0.1, 0.15) is 0 Å². The first-order valence-corrected chi connectivity index (χ1v) is 7.11. The van der Waals surface area contributed by atoms with Crippen molar-refractivity contribution in [1.82, 2.24) is 4.40 Å². The van der Waals surface area contributed by atoms with Crippen LogP contribution in [0, 0.1) is 0 Å². The van der Waals surface area contributed by atoms with Gasteiger partial charge in [0.25, 0.3) is 0 Å². The number of nitrogens with zero attached hydrogens (tertiary/aromatic N) is 1. The lowest BCUT2D eigenvalue weighted by Gasteiger charge is -2.07. The quantitative estimate of drug-likeness (QED) is 0.646. The fourth-order valence-electron chi connectivity index (χ4n) is 2.28. The molecule has 0 fully saturated rings. The van der Waals surface area contributed by atoms with Crippen molar-refractivity contribution in [3.63, 3.8) is 0 Å². The number of hydrogen-bond acceptors (Lipinski definition) is 1. The number of benzene rings is 1. The Labute approximate surface area is 135 Å². The second kappa shape index (κ2) is 5.26. The number of halogens is 3. The maximum Gasteiger partial charge on any atom is 0.338 e. The molecule has 0 aliphatic carbocycles. The molecule has 21 heavy (non-hydrogen) atoms. The van der Waals surface area contributed by atoms with Crippen LogP contribution in [-0.4, -0.2) is 15.5 Å². The zero-order valence-electron chi connectivity index (χ0n) is 10.5. The van der Waals surface area contributed by atoms with E-state index in [1.54, 1.807) is 41.1 Å². The van der Waals surface area contributed by atoms with Gasteiger partial charge in [-0.3, -0.25) is 0 Å². The van der Waals surface area contributed by atoms with Crippen LogP contribution in [-0.2, 0) is 0 Å². The van der Waals surface area contributed by atoms with Crippen molar-refractivity contribution in [1.29, 1.82) is 0 Å². The standard InChI is InChI=1S/C15H8Cl3NO2/c16-10-5-4-8(13(17)14(10)18)9-7-19-6-2-1-3-11(19)12(9)15(20)21/h1-7H,(H,20,21). The molecule has 0 saturated heterocycles. The summed E-state index contributed by atoms with van der Waals surface area (Å²) < 4.78 is 1.73. The molecule has 1 N–H and O–H groups in total. The molecule has 0 amide bonds. The van der Waals surface area contributed by atoms with E-state index in [0.717, 1.165) is 0 Å². The predicted octanol–water partition coefficient (Wildman–Crippen LogP) is 5.26. The number of pyridine rings is 1. The summed E-state index contributed by atoms with van der Waals surface area (Å²) in [5.74, 6) is -1.03. The van der Waals surface area contributed by atoms with Gasteiger partial charge in [0.15, 0.2) is 0 Å². The lowest BCUT2D eigenvalue weighted by molar-refractivity contribution is 0.0700. The molecule has 0 spiro atoms. The predicted molar refractivity (Wildman–Crippen MR) is 84.8 cm³/mol. The minimum absolute atomic E-state index is 0.177. The molecule has 0 unspecified atom stereocenters. The Kier molecular flexibility index (Phi) is 3.57. The van der Waals surface area contributed by atoms with Gasteiger partial charge >= 0.3 is 5.97 Å². The molecule has 0 aliphatic rings. The van der Waals surface area contributed by atoms with Crippen molar-refractivity contribution in [2.75, 3.05) is 0 Å². The van der Waals surface area contributed by atoms with Crippen molar-refractivity contribution in [3.8, 4) is 11.1 Å². The fourth-order valence-corrected chi connectivity index (χ4v) is 2.92. The van der Waals surface area contributed by atoms with Crippen LogP contribution in [0.5, 0.6) is 0 Å². The van der Waals surface area contributed by atoms with E-state index in [9.17, 15) is 9.90 Å². The first-order chi connectivity index (χ1) is 10.0. The number of aromatic nitrogens is 1. The topological polar surface area (TPSA) is 41.7 Å². The van der Waals surface area contributed by atoms with Gasteiger partial charge in [0, 0.05) is 23.5 Å². The third-order valence-electron chi connectivity index (χ3n) is 3.22. The number of carboxylic acid groups (broad SMARTS) is 1. The third-order valence-corrected chi connectivity index (χ3v) is 4.52. The lowest BCUT2D eigenvalue weighted by Crippen LogP contribution is -1.98. The van der Waals surface area contributed by atoms with Crippen LogP contribution in [0.25, 0.3) is 16.6 Å². The van der Waals surface area contributed by atoms with Crippen LogP contribution in [0.1, 0.15) is 10.4 Å². The SMILES string of the molecule is O=C(O)c1c(-c2ccc(Cl)c(Cl)c2Cl)cn2ccccc12. The zero-order chi connectivity index (χ0) is 15.1. The zero-order valence-corrected chi connectivity index (χ0v) is 12.7. The molecule has 0 saturated carbocycles. The highest BCUT2D eigenvalue weighted by Gasteiger charge is 2.21. The Bertz CT molecular complexity index is 871. The van der Waals surface area contributed by atoms with E-state index < -0.39 is 5.97 Å². The highest BCUT2D eigenvalue weighted by Crippen LogP contribution is 2.40. The Morgan fingerprint density at radius 2 is 1.76 bits per heavy atom. The average molecular weight is 341 g/mol. The molecule has 2 heterocycles. The molecule has 3 nitrogen and oxygen atoms in total. The number of carbonyl (C=O) groups is 1. The van der Waals surface area contributed by atoms with Crippen molar-refractivity contribution in [3.05, 3.63) is 63.4 Å². The molecule has 6 heteroatoms. The van der Waals surface area contributed by atoms with Crippen molar-refractivity contribution >= 4 is 46.3 Å². The summed E-state index contributed by atoms with van der Waals surface area (Å²) in [6.45, 7) is 0. The summed E-state index contributed by atoms with van der Waals surface area (Å²) in [6, 6.07) is 8.59. The summed E-state index contributed by atoms with van der Waals surface area (Å²) >= 11 is 18.2. The number of carboxylic acids is 1. The third kappa shape index (κ3) is 2.27. The average Bonchev–Trinajstić information content (AvgIpc) is 2.84. The lowest BCUT2D eigenvalue weighted by atomic mass is 10.0. The van der Waals surface area contributed by atoms with E-state index in [1.165, 1.54) is 0 Å². The minimum Gasteiger partial charge on any atom is -0.478 e. The summed E-state index contributed by atoms with van der Waals surface area (Å²) in [4.78, 5) is 11.6. The van der Waals surface area contributed by atoms with E-state index in [1.807, 2.05) is 6.07 Å². The smallest absolute Gasteiger partial charge is 0.338 e. The Hall–Kier alpha value is -1.68. The molecular weight excluding hydrogens is 333 g/mol. The first kappa shape index (κ1) is 14.3. The van der Waals surface area contributed by atoms with Gasteiger partial charge in [0.05, 0.1) is 26.1 Å². The van der Waals surface area contributed by atoms with E-state index in [4.69, 9.17) is 34.8 Å². The van der Waals surface area contributed by atoms with Gasteiger partial charge in [-0.1, -0.05) is 46.9 Å². The van der Waals surface area contributed by atoms with Crippen molar-refractivity contribution in [2.24, 2.45) is 0 Å². The van der Waals surface area contributed by atoms with Gasteiger partial charge in [-0.05, 0) is 18.2 Å². The molecular formula is C15H8Cl3NO2. The van der Waals surface area contributed by atoms with Gasteiger partial charge in [-0.2, -0.15) is 0 Å². The van der Waals surface area contributed by atoms with Crippen molar-refractivity contribution in [2.45, 2.75) is 0 Å². The van der Waals surface area contributed by atoms with E-state index in [-0.39, 0.29) is 15.6 Å². The molecule has 3 rings (SSSR count). The number of fused-ring (bicyclic) bond motifs is 1. The highest BCUT2D eigenvalue weighted by atomic mass is 35.5. The molecule has 0 aliphatic heterocycles. The van der Waals surface area contributed by atoms with Crippen LogP contribution in [0.2, 0.25) is 15.1 Å². The van der Waals surface area contributed by atoms with E-state index in [2.05, 4.69) is 0 Å². The largest absolute Gasteiger partial charge is 0.478 e. The Morgan fingerprint density at radius 3 is 2.48 bits per heavy atom. The van der Waals surface area contributed by atoms with Gasteiger partial charge in [-0.25, -0.2) is 4.79 Å². The van der Waals surface area contributed by atoms with Gasteiger partial charge < -0.3 is 9.51 Å². The maximum atomic E-state index is 11.6. The Balaban J connectivity index is 2.38. The van der Waals surface area contributed by atoms with Gasteiger partial charge in [-0.15, -0.1) is 0 Å². The summed E-state index contributed by atoms with van der Waals surface area (Å²) in [7, 11) is 0. The maximum absolute atomic E-state index is 11.6. The molecule has 0 atom stereocenters. The monoisotopic (exact) mass is 339 g/mol. The van der Waals surface area contributed by atoms with E-state index >= 15 is 0 Å². The Morgan fingerprint density at radius 1 is 1.00 bits per heavy atom. The first-order valence-electron chi connectivity index (χ1n) is 5.97. The fraction of sp³-hybridized carbons (Fsp3) is 0. The summed E-state index contributed by atoms with van der Waals surface area (Å²) in [6.07, 6.45) is 3.49. The van der Waals surface area contributed by atoms with Crippen LogP contribution < -0.4 is 0 Å². The summed E-state index contributed by atoms with van der Waals surface area (Å²) in [5, 5.41) is 10.3. The van der Waals surface area contributed by atoms with Crippen LogP contribution in [0.15, 0.2) is 42.7 Å². The molecule has 0 radical (unpaired) electrons. The van der Waals surface area contributed by atoms with Crippen LogP contribution >= 0.6 is 34.8 Å². The van der Waals surface area contributed by atoms with Gasteiger partial charge in [0.2, 0.25) is 0 Å². The number of hydrogen-bond donors (Lipinski definition) is 1. The van der Waals surface area contributed by atoms with Crippen LogP contribution in [0.4, 0.5) is 0 Å². The highest BCUT2D eigenvalue weighted by molar-refractivity contribution is 6.49. The van der Waals surface area contributed by atoms with Crippen molar-refractivity contribution < 1.29 is 9.90 Å². The molecule has 106 valence electrons. The molecule has 0 bridgehead atoms. The summed E-state index contributed by atoms with van der Waals surface area (Å²) in [5.41, 5.74) is 1.79. The number of rotatable bonds is 2. The molecule has 1 aromatic carbocycles. The normalized spacial score (nSPS) is 11.0. The molecule has 3 aromatic rings. The number of aromatic carboxylic acids is 1. The minimum atomic E-state index is -1.03. The second-order valence-corrected chi connectivity index (χ2v) is 5.60.